The molecule has 2 fully saturated rings. The predicted octanol–water partition coefficient (Wildman–Crippen LogP) is 5.70. The molecule has 5 rings (SSSR count). The molecule has 2 aliphatic rings. The first-order chi connectivity index (χ1) is 17.2. The van der Waals surface area contributed by atoms with Gasteiger partial charge in [0.2, 0.25) is 0 Å². The molecule has 2 saturated carbocycles. The number of carbonyl (C=O) groups is 2. The lowest BCUT2D eigenvalue weighted by Gasteiger charge is -2.26. The van der Waals surface area contributed by atoms with Crippen LogP contribution in [0.5, 0.6) is 0 Å². The molecule has 2 aromatic carbocycles. The molecule has 3 aromatic rings. The highest BCUT2D eigenvalue weighted by Crippen LogP contribution is 2.56. The molecule has 0 radical (unpaired) electrons. The number of hydrogen-bond acceptors (Lipinski definition) is 5. The van der Waals surface area contributed by atoms with Gasteiger partial charge in [0.1, 0.15) is 13.2 Å². The van der Waals surface area contributed by atoms with Gasteiger partial charge in [0.25, 0.3) is 0 Å². The number of ether oxygens (including phenoxy) is 2. The molecule has 4 atom stereocenters. The summed E-state index contributed by atoms with van der Waals surface area (Å²) >= 11 is 0. The largest absolute Gasteiger partial charge is 0.460 e. The Morgan fingerprint density at radius 1 is 0.743 bits per heavy atom. The highest BCUT2D eigenvalue weighted by Gasteiger charge is 2.52. The first-order valence-electron chi connectivity index (χ1n) is 12.5. The number of benzene rings is 2. The Morgan fingerprint density at radius 3 is 1.91 bits per heavy atom. The zero-order chi connectivity index (χ0) is 24.0. The van der Waals surface area contributed by atoms with Crippen LogP contribution in [0.1, 0.15) is 48.3 Å². The molecule has 0 amide bonds. The van der Waals surface area contributed by atoms with Gasteiger partial charge < -0.3 is 9.47 Å². The van der Waals surface area contributed by atoms with Crippen LogP contribution >= 0.6 is 0 Å². The number of rotatable bonds is 8. The molecule has 0 aliphatic heterocycles. The second kappa shape index (κ2) is 10.9. The van der Waals surface area contributed by atoms with Crippen LogP contribution in [-0.2, 0) is 32.3 Å². The minimum Gasteiger partial charge on any atom is -0.460 e. The summed E-state index contributed by atoms with van der Waals surface area (Å²) in [7, 11) is 0. The molecule has 1 heterocycles. The topological polar surface area (TPSA) is 65.5 Å². The van der Waals surface area contributed by atoms with Crippen molar-refractivity contribution < 1.29 is 19.1 Å². The van der Waals surface area contributed by atoms with E-state index in [-0.39, 0.29) is 19.1 Å². The number of nitrogens with zero attached hydrogens (tertiary/aromatic N) is 1. The van der Waals surface area contributed by atoms with Gasteiger partial charge in [0.15, 0.2) is 5.92 Å². The molecule has 0 unspecified atom stereocenters. The van der Waals surface area contributed by atoms with Gasteiger partial charge in [-0.05, 0) is 72.1 Å². The summed E-state index contributed by atoms with van der Waals surface area (Å²) in [5.74, 6) is -0.711. The van der Waals surface area contributed by atoms with E-state index in [4.69, 9.17) is 9.47 Å². The molecule has 1 aromatic heterocycles. The van der Waals surface area contributed by atoms with Gasteiger partial charge >= 0.3 is 11.9 Å². The van der Waals surface area contributed by atoms with E-state index in [0.29, 0.717) is 17.8 Å². The van der Waals surface area contributed by atoms with Gasteiger partial charge in [-0.3, -0.25) is 14.6 Å². The Balaban J connectivity index is 1.32. The van der Waals surface area contributed by atoms with Crippen LogP contribution in [0.25, 0.3) is 0 Å². The summed E-state index contributed by atoms with van der Waals surface area (Å²) < 4.78 is 11.4. The lowest BCUT2D eigenvalue weighted by Crippen LogP contribution is -2.36. The van der Waals surface area contributed by atoms with Crippen molar-refractivity contribution in [3.63, 3.8) is 0 Å². The van der Waals surface area contributed by atoms with Crippen molar-refractivity contribution in [2.24, 2.45) is 23.7 Å². The summed E-state index contributed by atoms with van der Waals surface area (Å²) in [5.41, 5.74) is 3.06. The highest BCUT2D eigenvalue weighted by atomic mass is 16.6. The second-order valence-electron chi connectivity index (χ2n) is 9.70. The third-order valence-electron chi connectivity index (χ3n) is 7.76. The Morgan fingerprint density at radius 2 is 1.34 bits per heavy atom. The Bertz CT molecular complexity index is 1060. The lowest BCUT2D eigenvalue weighted by atomic mass is 9.80. The summed E-state index contributed by atoms with van der Waals surface area (Å²) in [5, 5.41) is 0. The molecule has 180 valence electrons. The van der Waals surface area contributed by atoms with E-state index < -0.39 is 17.9 Å². The van der Waals surface area contributed by atoms with Crippen LogP contribution in [0.4, 0.5) is 0 Å². The molecule has 0 saturated heterocycles. The maximum atomic E-state index is 13.4. The fourth-order valence-electron chi connectivity index (χ4n) is 6.15. The second-order valence-corrected chi connectivity index (χ2v) is 9.70. The zero-order valence-electron chi connectivity index (χ0n) is 19.8. The number of carbonyl (C=O) groups excluding carboxylic acids is 2. The third kappa shape index (κ3) is 5.29. The van der Waals surface area contributed by atoms with Crippen molar-refractivity contribution >= 4 is 11.9 Å². The molecule has 2 aliphatic carbocycles. The number of hydrogen-bond donors (Lipinski definition) is 0. The fraction of sp³-hybridized carbons (Fsp3) is 0.367. The van der Waals surface area contributed by atoms with Gasteiger partial charge in [-0.2, -0.15) is 0 Å². The Kier molecular flexibility index (Phi) is 7.22. The van der Waals surface area contributed by atoms with E-state index in [2.05, 4.69) is 11.1 Å². The Hall–Kier alpha value is -3.47. The smallest absolute Gasteiger partial charge is 0.320 e. The van der Waals surface area contributed by atoms with Crippen molar-refractivity contribution in [2.45, 2.75) is 44.8 Å². The van der Waals surface area contributed by atoms with Gasteiger partial charge in [-0.1, -0.05) is 66.7 Å². The average molecular weight is 470 g/mol. The molecule has 0 N–H and O–H groups in total. The van der Waals surface area contributed by atoms with Crippen LogP contribution in [0.15, 0.2) is 85.2 Å². The number of aromatic nitrogens is 1. The van der Waals surface area contributed by atoms with Crippen LogP contribution in [0, 0.1) is 23.7 Å². The molecule has 5 heteroatoms. The number of pyridine rings is 1. The first kappa shape index (κ1) is 23.3. The monoisotopic (exact) mass is 469 g/mol. The minimum atomic E-state index is -0.898. The van der Waals surface area contributed by atoms with Gasteiger partial charge in [0, 0.05) is 12.4 Å². The van der Waals surface area contributed by atoms with Crippen molar-refractivity contribution in [3.8, 4) is 0 Å². The van der Waals surface area contributed by atoms with E-state index in [1.807, 2.05) is 72.9 Å². The molecule has 0 bridgehead atoms. The maximum absolute atomic E-state index is 13.4. The third-order valence-corrected chi connectivity index (χ3v) is 7.76. The molecule has 35 heavy (non-hydrogen) atoms. The summed E-state index contributed by atoms with van der Waals surface area (Å²) in [4.78, 5) is 31.0. The van der Waals surface area contributed by atoms with Crippen LogP contribution < -0.4 is 0 Å². The SMILES string of the molecule is O=C(OCc1ccccc1)C(C(=O)OCc1ccccc1)[C@@H]1CC[C@H]2[C@@H]1CC[C@@H]2c1cccnc1. The van der Waals surface area contributed by atoms with E-state index in [1.165, 1.54) is 5.56 Å². The normalized spacial score (nSPS) is 23.1. The fourth-order valence-corrected chi connectivity index (χ4v) is 6.15. The zero-order valence-corrected chi connectivity index (χ0v) is 19.8. The predicted molar refractivity (Wildman–Crippen MR) is 132 cm³/mol. The minimum absolute atomic E-state index is 0.0618. The Labute approximate surface area is 206 Å². The van der Waals surface area contributed by atoms with Crippen molar-refractivity contribution in [1.82, 2.24) is 4.98 Å². The van der Waals surface area contributed by atoms with E-state index >= 15 is 0 Å². The highest BCUT2D eigenvalue weighted by molar-refractivity contribution is 5.95. The van der Waals surface area contributed by atoms with Crippen LogP contribution in [0.3, 0.4) is 0 Å². The van der Waals surface area contributed by atoms with Gasteiger partial charge in [-0.25, -0.2) is 0 Å². The van der Waals surface area contributed by atoms with Gasteiger partial charge in [-0.15, -0.1) is 0 Å². The van der Waals surface area contributed by atoms with E-state index in [0.717, 1.165) is 36.8 Å². The van der Waals surface area contributed by atoms with Crippen LogP contribution in [-0.4, -0.2) is 16.9 Å². The van der Waals surface area contributed by atoms with Crippen molar-refractivity contribution in [2.75, 3.05) is 0 Å². The average Bonchev–Trinajstić information content (AvgIpc) is 3.51. The molecule has 0 spiro atoms. The quantitative estimate of drug-likeness (QED) is 0.313. The molecular weight excluding hydrogens is 438 g/mol. The van der Waals surface area contributed by atoms with Crippen LogP contribution in [0.2, 0.25) is 0 Å². The first-order valence-corrected chi connectivity index (χ1v) is 12.5. The maximum Gasteiger partial charge on any atom is 0.320 e. The molecular formula is C30H31NO4. The summed E-state index contributed by atoms with van der Waals surface area (Å²) in [6, 6.07) is 23.3. The summed E-state index contributed by atoms with van der Waals surface area (Å²) in [6.07, 6.45) is 7.65. The number of esters is 2. The van der Waals surface area contributed by atoms with E-state index in [1.54, 1.807) is 6.20 Å². The standard InChI is InChI=1S/C30H31NO4/c32-29(34-19-21-8-3-1-4-9-21)28(30(33)35-20-22-10-5-2-6-11-22)27-16-15-25-24(13-14-26(25)27)23-12-7-17-31-18-23/h1-12,17-18,24-28H,13-16,19-20H2/t24-,25-,26+,27-/m1/s1. The number of fused-ring (bicyclic) bond motifs is 1. The van der Waals surface area contributed by atoms with Crippen molar-refractivity contribution in [1.29, 1.82) is 0 Å². The summed E-state index contributed by atoms with van der Waals surface area (Å²) in [6.45, 7) is 0.308. The van der Waals surface area contributed by atoms with Crippen molar-refractivity contribution in [3.05, 3.63) is 102 Å². The van der Waals surface area contributed by atoms with Gasteiger partial charge in [0.05, 0.1) is 0 Å². The lowest BCUT2D eigenvalue weighted by molar-refractivity contribution is -0.167. The van der Waals surface area contributed by atoms with E-state index in [9.17, 15) is 9.59 Å². The molecule has 5 nitrogen and oxygen atoms in total.